The maximum Gasteiger partial charge on any atom is 0.419 e. The van der Waals surface area contributed by atoms with Crippen LogP contribution in [0.5, 0.6) is 0 Å². The number of benzene rings is 2. The molecular formula is C29H29F3N4O5. The number of hydrogen-bond donors (Lipinski definition) is 1. The first kappa shape index (κ1) is 28.4. The lowest BCUT2D eigenvalue weighted by atomic mass is 9.69. The van der Waals surface area contributed by atoms with Crippen LogP contribution < -0.4 is 5.32 Å². The largest absolute Gasteiger partial charge is 0.466 e. The summed E-state index contributed by atoms with van der Waals surface area (Å²) in [5.74, 6) is -3.66. The fourth-order valence-electron chi connectivity index (χ4n) is 6.23. The Morgan fingerprint density at radius 2 is 1.80 bits per heavy atom. The molecule has 0 spiro atoms. The average molecular weight is 571 g/mol. The quantitative estimate of drug-likeness (QED) is 0.533. The summed E-state index contributed by atoms with van der Waals surface area (Å²) in [7, 11) is 1.08. The number of methoxy groups -OCH3 is 1. The minimum absolute atomic E-state index is 0.00798. The van der Waals surface area contributed by atoms with Crippen molar-refractivity contribution in [3.05, 3.63) is 71.0 Å². The second kappa shape index (κ2) is 11.4. The number of nitrogens with zero attached hydrogens (tertiary/aromatic N) is 3. The van der Waals surface area contributed by atoms with Gasteiger partial charge in [0.2, 0.25) is 6.10 Å². The van der Waals surface area contributed by atoms with Crippen molar-refractivity contribution in [2.24, 2.45) is 0 Å². The van der Waals surface area contributed by atoms with E-state index in [-0.39, 0.29) is 23.5 Å². The number of nitrogens with one attached hydrogen (secondary N) is 1. The van der Waals surface area contributed by atoms with E-state index in [0.717, 1.165) is 19.2 Å². The van der Waals surface area contributed by atoms with Gasteiger partial charge < -0.3 is 14.8 Å². The molecule has 2 aromatic rings. The lowest BCUT2D eigenvalue weighted by Crippen LogP contribution is -2.48. The predicted molar refractivity (Wildman–Crippen MR) is 138 cm³/mol. The molecule has 0 unspecified atom stereocenters. The zero-order valence-electron chi connectivity index (χ0n) is 22.3. The summed E-state index contributed by atoms with van der Waals surface area (Å²) in [6.45, 7) is 1.14. The Morgan fingerprint density at radius 3 is 2.46 bits per heavy atom. The van der Waals surface area contributed by atoms with Gasteiger partial charge in [-0.15, -0.1) is 0 Å². The molecule has 2 aromatic carbocycles. The van der Waals surface area contributed by atoms with Gasteiger partial charge in [0.15, 0.2) is 11.6 Å². The second-order valence-electron chi connectivity index (χ2n) is 10.7. The van der Waals surface area contributed by atoms with E-state index in [1.165, 1.54) is 12.1 Å². The molecule has 2 aliphatic heterocycles. The number of hydrogen-bond acceptors (Lipinski definition) is 7. The lowest BCUT2D eigenvalue weighted by molar-refractivity contribution is -0.150. The summed E-state index contributed by atoms with van der Waals surface area (Å²) >= 11 is 0. The van der Waals surface area contributed by atoms with Crippen LogP contribution in [0.2, 0.25) is 0 Å². The summed E-state index contributed by atoms with van der Waals surface area (Å²) < 4.78 is 51.9. The van der Waals surface area contributed by atoms with Crippen molar-refractivity contribution in [1.82, 2.24) is 15.1 Å². The maximum absolute atomic E-state index is 14.5. The molecule has 2 saturated heterocycles. The Balaban J connectivity index is 1.25. The molecule has 12 heteroatoms. The minimum Gasteiger partial charge on any atom is -0.466 e. The first-order chi connectivity index (χ1) is 19.7. The van der Waals surface area contributed by atoms with Crippen molar-refractivity contribution in [2.75, 3.05) is 20.2 Å². The molecule has 41 heavy (non-hydrogen) atoms. The third-order valence-electron chi connectivity index (χ3n) is 8.40. The van der Waals surface area contributed by atoms with Crippen LogP contribution in [-0.2, 0) is 19.7 Å². The molecular weight excluding hydrogens is 541 g/mol. The number of carbonyl (C=O) groups is 3. The molecule has 216 valence electrons. The van der Waals surface area contributed by atoms with Gasteiger partial charge in [-0.25, -0.2) is 32.5 Å². The molecule has 1 aliphatic carbocycles. The van der Waals surface area contributed by atoms with E-state index in [9.17, 15) is 32.8 Å². The Labute approximate surface area is 234 Å². The number of nitriles is 1. The standard InChI is InChI=1S/C29H29F3N4O5/c1-40-26(37)25-24(17-6-7-22(31)23(32)14-17)36(28(39)41-25)27(38)34-18-10-13-35(15-18)19-8-11-29(16-33,12-9-19)20-4-2-3-5-21(20)30/h2-7,14,18-19,24-25H,8-13,15H2,1H3,(H,34,38)/t18-,19?,24+,25-,29?/m1/s1. The number of carbonyl (C=O) groups excluding carboxylic acids is 3. The SMILES string of the molecule is COC(=O)[C@@H]1OC(=O)N(C(=O)N[C@@H]2CCN(C3CCC(C#N)(c4ccccc4F)CC3)C2)[C@H]1c1ccc(F)c(F)c1. The zero-order chi connectivity index (χ0) is 29.3. The van der Waals surface area contributed by atoms with Crippen LogP contribution in [-0.4, -0.2) is 66.3 Å². The van der Waals surface area contributed by atoms with Crippen molar-refractivity contribution >= 4 is 18.1 Å². The normalized spacial score (nSPS) is 28.2. The van der Waals surface area contributed by atoms with Gasteiger partial charge in [0.25, 0.3) is 0 Å². The van der Waals surface area contributed by atoms with Crippen molar-refractivity contribution in [3.63, 3.8) is 0 Å². The Bertz CT molecular complexity index is 1390. The van der Waals surface area contributed by atoms with Gasteiger partial charge in [0.05, 0.1) is 18.6 Å². The average Bonchev–Trinajstić information content (AvgIpc) is 3.58. The van der Waals surface area contributed by atoms with Crippen molar-refractivity contribution in [2.45, 2.75) is 61.7 Å². The molecule has 9 nitrogen and oxygen atoms in total. The fraction of sp³-hybridized carbons (Fsp3) is 0.448. The van der Waals surface area contributed by atoms with Crippen LogP contribution in [0.4, 0.5) is 22.8 Å². The van der Waals surface area contributed by atoms with Crippen LogP contribution in [0.25, 0.3) is 0 Å². The van der Waals surface area contributed by atoms with Gasteiger partial charge in [0.1, 0.15) is 11.9 Å². The Hall–Kier alpha value is -4.11. The monoisotopic (exact) mass is 570 g/mol. The Morgan fingerprint density at radius 1 is 1.07 bits per heavy atom. The van der Waals surface area contributed by atoms with Crippen LogP contribution in [0.15, 0.2) is 42.5 Å². The molecule has 1 N–H and O–H groups in total. The van der Waals surface area contributed by atoms with Crippen molar-refractivity contribution in [3.8, 4) is 6.07 Å². The van der Waals surface area contributed by atoms with E-state index < -0.39 is 47.3 Å². The smallest absolute Gasteiger partial charge is 0.419 e. The molecule has 3 aliphatic rings. The zero-order valence-corrected chi connectivity index (χ0v) is 22.3. The first-order valence-electron chi connectivity index (χ1n) is 13.4. The fourth-order valence-corrected chi connectivity index (χ4v) is 6.23. The third-order valence-corrected chi connectivity index (χ3v) is 8.40. The second-order valence-corrected chi connectivity index (χ2v) is 10.7. The number of cyclic esters (lactones) is 1. The van der Waals surface area contributed by atoms with Crippen LogP contribution in [0.1, 0.15) is 49.3 Å². The molecule has 0 radical (unpaired) electrons. The van der Waals surface area contributed by atoms with Gasteiger partial charge in [-0.05, 0) is 55.9 Å². The number of amides is 3. The van der Waals surface area contributed by atoms with E-state index in [1.807, 2.05) is 0 Å². The summed E-state index contributed by atoms with van der Waals surface area (Å²) in [4.78, 5) is 41.2. The molecule has 3 atom stereocenters. The summed E-state index contributed by atoms with van der Waals surface area (Å²) in [5.41, 5.74) is -0.465. The highest BCUT2D eigenvalue weighted by Gasteiger charge is 2.51. The van der Waals surface area contributed by atoms with E-state index >= 15 is 0 Å². The van der Waals surface area contributed by atoms with Crippen molar-refractivity contribution in [1.29, 1.82) is 5.26 Å². The summed E-state index contributed by atoms with van der Waals surface area (Å²) in [5, 5.41) is 12.8. The maximum atomic E-state index is 14.5. The molecule has 5 rings (SSSR count). The van der Waals surface area contributed by atoms with E-state index in [4.69, 9.17) is 9.47 Å². The van der Waals surface area contributed by atoms with Gasteiger partial charge in [0, 0.05) is 30.7 Å². The number of ether oxygens (including phenoxy) is 2. The van der Waals surface area contributed by atoms with Crippen molar-refractivity contribution < 1.29 is 37.0 Å². The number of likely N-dealkylation sites (tertiary alicyclic amines) is 1. The highest BCUT2D eigenvalue weighted by atomic mass is 19.2. The number of rotatable bonds is 5. The van der Waals surface area contributed by atoms with Gasteiger partial charge in [-0.2, -0.15) is 5.26 Å². The first-order valence-corrected chi connectivity index (χ1v) is 13.4. The molecule has 0 bridgehead atoms. The minimum atomic E-state index is -1.56. The van der Waals surface area contributed by atoms with E-state index in [0.29, 0.717) is 55.7 Å². The molecule has 3 fully saturated rings. The summed E-state index contributed by atoms with van der Waals surface area (Å²) in [6.07, 6.45) is 0.286. The number of urea groups is 1. The lowest BCUT2D eigenvalue weighted by Gasteiger charge is -2.39. The highest BCUT2D eigenvalue weighted by Crippen LogP contribution is 2.42. The van der Waals surface area contributed by atoms with Crippen LogP contribution >= 0.6 is 0 Å². The van der Waals surface area contributed by atoms with Crippen LogP contribution in [0, 0.1) is 28.8 Å². The van der Waals surface area contributed by atoms with Gasteiger partial charge in [-0.1, -0.05) is 24.3 Å². The highest BCUT2D eigenvalue weighted by molar-refractivity contribution is 5.96. The van der Waals surface area contributed by atoms with Crippen LogP contribution in [0.3, 0.4) is 0 Å². The van der Waals surface area contributed by atoms with E-state index in [1.54, 1.807) is 18.2 Å². The topological polar surface area (TPSA) is 112 Å². The van der Waals surface area contributed by atoms with Gasteiger partial charge >= 0.3 is 18.1 Å². The number of esters is 1. The molecule has 2 heterocycles. The molecule has 0 aromatic heterocycles. The van der Waals surface area contributed by atoms with E-state index in [2.05, 4.69) is 16.3 Å². The Kier molecular flexibility index (Phi) is 7.91. The molecule has 1 saturated carbocycles. The summed E-state index contributed by atoms with van der Waals surface area (Å²) in [6, 6.07) is 9.14. The predicted octanol–water partition coefficient (Wildman–Crippen LogP) is 4.33. The third kappa shape index (κ3) is 5.34. The number of halogens is 3. The molecule has 3 amide bonds. The van der Waals surface area contributed by atoms with Gasteiger partial charge in [-0.3, -0.25) is 4.90 Å². The number of imide groups is 1.